The topological polar surface area (TPSA) is 43.6 Å². The molecule has 0 N–H and O–H groups in total. The van der Waals surface area contributed by atoms with Crippen LogP contribution in [0.25, 0.3) is 10.6 Å². The van der Waals surface area contributed by atoms with Crippen molar-refractivity contribution in [2.75, 3.05) is 0 Å². The third-order valence-electron chi connectivity index (χ3n) is 3.43. The van der Waals surface area contributed by atoms with Crippen LogP contribution in [0.15, 0.2) is 40.3 Å². The fourth-order valence-corrected chi connectivity index (χ4v) is 3.41. The third kappa shape index (κ3) is 3.62. The van der Waals surface area contributed by atoms with Crippen molar-refractivity contribution in [1.82, 2.24) is 20.0 Å². The second-order valence-electron chi connectivity index (χ2n) is 5.10. The monoisotopic (exact) mass is 376 g/mol. The maximum absolute atomic E-state index is 4.73. The average molecular weight is 377 g/mol. The molecule has 0 radical (unpaired) electrons. The zero-order valence-corrected chi connectivity index (χ0v) is 14.8. The third-order valence-corrected chi connectivity index (χ3v) is 4.90. The summed E-state index contributed by atoms with van der Waals surface area (Å²) in [5, 5.41) is 11.4. The maximum atomic E-state index is 4.73. The predicted molar refractivity (Wildman–Crippen MR) is 93.0 cm³/mol. The van der Waals surface area contributed by atoms with Crippen LogP contribution in [0.4, 0.5) is 0 Å². The first-order chi connectivity index (χ1) is 10.8. The Hall–Kier alpha value is -1.53. The second kappa shape index (κ2) is 7.15. The second-order valence-corrected chi connectivity index (χ2v) is 6.87. The van der Waals surface area contributed by atoms with E-state index in [-0.39, 0.29) is 0 Å². The van der Waals surface area contributed by atoms with Gasteiger partial charge in [0, 0.05) is 28.4 Å². The van der Waals surface area contributed by atoms with E-state index in [2.05, 4.69) is 50.7 Å². The van der Waals surface area contributed by atoms with Gasteiger partial charge in [-0.25, -0.2) is 9.67 Å². The highest BCUT2D eigenvalue weighted by Gasteiger charge is 2.07. The first-order valence-corrected chi connectivity index (χ1v) is 9.01. The van der Waals surface area contributed by atoms with Gasteiger partial charge in [0.1, 0.15) is 5.01 Å². The first-order valence-electron chi connectivity index (χ1n) is 7.34. The van der Waals surface area contributed by atoms with Crippen LogP contribution < -0.4 is 0 Å². The Labute approximate surface area is 142 Å². The summed E-state index contributed by atoms with van der Waals surface area (Å²) < 4.78 is 3.07. The minimum atomic E-state index is 0.832. The lowest BCUT2D eigenvalue weighted by molar-refractivity contribution is 0.558. The molecule has 0 unspecified atom stereocenters. The van der Waals surface area contributed by atoms with E-state index >= 15 is 0 Å². The molecular formula is C16H17BrN4S. The van der Waals surface area contributed by atoms with Gasteiger partial charge < -0.3 is 0 Å². The molecule has 0 fully saturated rings. The van der Waals surface area contributed by atoms with E-state index < -0.39 is 0 Å². The van der Waals surface area contributed by atoms with E-state index in [1.165, 1.54) is 5.69 Å². The highest BCUT2D eigenvalue weighted by atomic mass is 79.9. The molecule has 0 saturated carbocycles. The van der Waals surface area contributed by atoms with Gasteiger partial charge in [-0.15, -0.1) is 16.4 Å². The molecule has 0 atom stereocenters. The molecule has 1 aromatic carbocycles. The quantitative estimate of drug-likeness (QED) is 0.641. The normalized spacial score (nSPS) is 11.0. The van der Waals surface area contributed by atoms with Gasteiger partial charge in [-0.2, -0.15) is 0 Å². The molecule has 4 nitrogen and oxygen atoms in total. The van der Waals surface area contributed by atoms with Gasteiger partial charge in [-0.05, 0) is 18.6 Å². The van der Waals surface area contributed by atoms with Crippen molar-refractivity contribution < 1.29 is 0 Å². The summed E-state index contributed by atoms with van der Waals surface area (Å²) in [6.45, 7) is 3.00. The number of aryl methyl sites for hydroxylation is 3. The van der Waals surface area contributed by atoms with Gasteiger partial charge in [0.15, 0.2) is 0 Å². The Kier molecular flexibility index (Phi) is 5.00. The minimum Gasteiger partial charge on any atom is -0.249 e. The average Bonchev–Trinajstić information content (AvgIpc) is 3.16. The van der Waals surface area contributed by atoms with Crippen molar-refractivity contribution in [3.8, 4) is 10.6 Å². The molecule has 0 saturated heterocycles. The molecule has 0 aliphatic carbocycles. The summed E-state index contributed by atoms with van der Waals surface area (Å²) in [5.74, 6) is 0. The molecule has 0 amide bonds. The SMILES string of the molecule is CCCc1cnnn1CCc1csc(-c2ccc(Br)cc2)n1. The van der Waals surface area contributed by atoms with Crippen LogP contribution in [-0.4, -0.2) is 20.0 Å². The number of hydrogen-bond acceptors (Lipinski definition) is 4. The Morgan fingerprint density at radius 3 is 2.77 bits per heavy atom. The van der Waals surface area contributed by atoms with Crippen molar-refractivity contribution in [3.05, 3.63) is 51.7 Å². The number of benzene rings is 1. The van der Waals surface area contributed by atoms with Crippen LogP contribution in [0, 0.1) is 0 Å². The number of hydrogen-bond donors (Lipinski definition) is 0. The van der Waals surface area contributed by atoms with E-state index in [0.717, 1.165) is 46.5 Å². The minimum absolute atomic E-state index is 0.832. The Morgan fingerprint density at radius 2 is 2.00 bits per heavy atom. The van der Waals surface area contributed by atoms with Crippen LogP contribution in [0.5, 0.6) is 0 Å². The largest absolute Gasteiger partial charge is 0.249 e. The Morgan fingerprint density at radius 1 is 1.18 bits per heavy atom. The number of rotatable bonds is 6. The summed E-state index contributed by atoms with van der Waals surface area (Å²) in [4.78, 5) is 4.73. The lowest BCUT2D eigenvalue weighted by Crippen LogP contribution is -2.07. The Balaban J connectivity index is 1.67. The van der Waals surface area contributed by atoms with Crippen LogP contribution >= 0.6 is 27.3 Å². The van der Waals surface area contributed by atoms with Crippen molar-refractivity contribution in [1.29, 1.82) is 0 Å². The zero-order chi connectivity index (χ0) is 15.4. The number of nitrogens with zero attached hydrogens (tertiary/aromatic N) is 4. The molecule has 22 heavy (non-hydrogen) atoms. The first kappa shape index (κ1) is 15.4. The number of aromatic nitrogens is 4. The molecule has 0 aliphatic heterocycles. The van der Waals surface area contributed by atoms with Crippen molar-refractivity contribution >= 4 is 27.3 Å². The summed E-state index contributed by atoms with van der Waals surface area (Å²) >= 11 is 5.15. The number of thiazole rings is 1. The van der Waals surface area contributed by atoms with Crippen molar-refractivity contribution in [3.63, 3.8) is 0 Å². The summed E-state index contributed by atoms with van der Waals surface area (Å²) in [6, 6.07) is 8.26. The molecule has 0 aliphatic rings. The summed E-state index contributed by atoms with van der Waals surface area (Å²) in [6.07, 6.45) is 4.87. The van der Waals surface area contributed by atoms with Gasteiger partial charge in [0.2, 0.25) is 0 Å². The fraction of sp³-hybridized carbons (Fsp3) is 0.312. The van der Waals surface area contributed by atoms with Crippen LogP contribution in [-0.2, 0) is 19.4 Å². The van der Waals surface area contributed by atoms with E-state index in [1.807, 2.05) is 23.0 Å². The summed E-state index contributed by atoms with van der Waals surface area (Å²) in [5.41, 5.74) is 3.47. The molecule has 6 heteroatoms. The molecule has 0 bridgehead atoms. The summed E-state index contributed by atoms with van der Waals surface area (Å²) in [7, 11) is 0. The van der Waals surface area contributed by atoms with Crippen LogP contribution in [0.2, 0.25) is 0 Å². The van der Waals surface area contributed by atoms with Gasteiger partial charge >= 0.3 is 0 Å². The van der Waals surface area contributed by atoms with Gasteiger partial charge in [-0.3, -0.25) is 0 Å². The van der Waals surface area contributed by atoms with Crippen LogP contribution in [0.1, 0.15) is 24.7 Å². The molecule has 3 rings (SSSR count). The lowest BCUT2D eigenvalue weighted by Gasteiger charge is -2.03. The van der Waals surface area contributed by atoms with E-state index in [4.69, 9.17) is 4.98 Å². The lowest BCUT2D eigenvalue weighted by atomic mass is 10.2. The molecular weight excluding hydrogens is 360 g/mol. The highest BCUT2D eigenvalue weighted by Crippen LogP contribution is 2.25. The molecule has 114 valence electrons. The van der Waals surface area contributed by atoms with Crippen molar-refractivity contribution in [2.45, 2.75) is 32.7 Å². The van der Waals surface area contributed by atoms with Crippen molar-refractivity contribution in [2.24, 2.45) is 0 Å². The smallest absolute Gasteiger partial charge is 0.123 e. The predicted octanol–water partition coefficient (Wildman–Crippen LogP) is 4.36. The van der Waals surface area contributed by atoms with Gasteiger partial charge in [0.25, 0.3) is 0 Å². The van der Waals surface area contributed by atoms with E-state index in [0.29, 0.717) is 0 Å². The van der Waals surface area contributed by atoms with Gasteiger partial charge in [0.05, 0.1) is 17.6 Å². The zero-order valence-electron chi connectivity index (χ0n) is 12.4. The highest BCUT2D eigenvalue weighted by molar-refractivity contribution is 9.10. The number of halogens is 1. The fourth-order valence-electron chi connectivity index (χ4n) is 2.28. The van der Waals surface area contributed by atoms with E-state index in [1.54, 1.807) is 11.3 Å². The van der Waals surface area contributed by atoms with Gasteiger partial charge in [-0.1, -0.05) is 46.6 Å². The maximum Gasteiger partial charge on any atom is 0.123 e. The Bertz CT molecular complexity index is 733. The molecule has 2 heterocycles. The van der Waals surface area contributed by atoms with Crippen LogP contribution in [0.3, 0.4) is 0 Å². The van der Waals surface area contributed by atoms with E-state index in [9.17, 15) is 0 Å². The molecule has 2 aromatic heterocycles. The molecule has 3 aromatic rings. The standard InChI is InChI=1S/C16H17BrN4S/c1-2-3-15-10-18-20-21(15)9-8-14-11-22-16(19-14)12-4-6-13(17)7-5-12/h4-7,10-11H,2-3,8-9H2,1H3. The molecule has 0 spiro atoms.